The minimum absolute atomic E-state index is 0.0338. The molecular weight excluding hydrogens is 302 g/mol. The maximum atomic E-state index is 12.6. The smallest absolute Gasteiger partial charge is 0.254 e. The molecule has 0 radical (unpaired) electrons. The van der Waals surface area contributed by atoms with Gasteiger partial charge < -0.3 is 10.1 Å². The zero-order valence-corrected chi connectivity index (χ0v) is 13.7. The molecule has 2 aliphatic carbocycles. The van der Waals surface area contributed by atoms with Gasteiger partial charge in [0.25, 0.3) is 5.91 Å². The number of ether oxygens (including phenoxy) is 1. The first-order valence-electron chi connectivity index (χ1n) is 8.51. The summed E-state index contributed by atoms with van der Waals surface area (Å²) in [5.74, 6) is 2.59. The lowest BCUT2D eigenvalue weighted by Crippen LogP contribution is -2.30. The van der Waals surface area contributed by atoms with Gasteiger partial charge in [0, 0.05) is 18.3 Å². The van der Waals surface area contributed by atoms with Gasteiger partial charge in [-0.25, -0.2) is 9.97 Å². The standard InChI is InChI=1S/C19H21N3O2/c1-24-16-8-6-13(7-9-16)17(12-2-3-12)22-19(23)15-10-20-18(21-11-15)14-4-5-14/h6-12,14,17H,2-5H2,1H3,(H,22,23). The summed E-state index contributed by atoms with van der Waals surface area (Å²) in [5.41, 5.74) is 1.64. The lowest BCUT2D eigenvalue weighted by molar-refractivity contribution is 0.0931. The molecule has 1 aromatic heterocycles. The van der Waals surface area contributed by atoms with Crippen molar-refractivity contribution < 1.29 is 9.53 Å². The number of methoxy groups -OCH3 is 1. The van der Waals surface area contributed by atoms with E-state index in [-0.39, 0.29) is 11.9 Å². The molecule has 1 unspecified atom stereocenters. The van der Waals surface area contributed by atoms with Gasteiger partial charge in [0.1, 0.15) is 11.6 Å². The van der Waals surface area contributed by atoms with E-state index >= 15 is 0 Å². The van der Waals surface area contributed by atoms with Crippen LogP contribution < -0.4 is 10.1 Å². The van der Waals surface area contributed by atoms with Crippen molar-refractivity contribution in [3.8, 4) is 5.75 Å². The largest absolute Gasteiger partial charge is 0.497 e. The summed E-state index contributed by atoms with van der Waals surface area (Å²) in [4.78, 5) is 21.2. The van der Waals surface area contributed by atoms with E-state index in [9.17, 15) is 4.79 Å². The highest BCUT2D eigenvalue weighted by atomic mass is 16.5. The minimum atomic E-state index is -0.106. The number of hydrogen-bond acceptors (Lipinski definition) is 4. The van der Waals surface area contributed by atoms with Crippen LogP contribution in [-0.2, 0) is 0 Å². The van der Waals surface area contributed by atoms with E-state index < -0.39 is 0 Å². The van der Waals surface area contributed by atoms with Crippen molar-refractivity contribution in [2.24, 2.45) is 5.92 Å². The van der Waals surface area contributed by atoms with E-state index in [0.29, 0.717) is 17.4 Å². The SMILES string of the molecule is COc1ccc(C(NC(=O)c2cnc(C3CC3)nc2)C2CC2)cc1. The van der Waals surface area contributed by atoms with Crippen LogP contribution in [0.25, 0.3) is 0 Å². The van der Waals surface area contributed by atoms with Gasteiger partial charge in [-0.3, -0.25) is 4.79 Å². The summed E-state index contributed by atoms with van der Waals surface area (Å²) in [7, 11) is 1.65. The number of nitrogens with one attached hydrogen (secondary N) is 1. The van der Waals surface area contributed by atoms with Gasteiger partial charge in [-0.1, -0.05) is 12.1 Å². The maximum absolute atomic E-state index is 12.6. The maximum Gasteiger partial charge on any atom is 0.254 e. The highest BCUT2D eigenvalue weighted by Gasteiger charge is 2.34. The Morgan fingerprint density at radius 1 is 1.12 bits per heavy atom. The first-order valence-corrected chi connectivity index (χ1v) is 8.51. The quantitative estimate of drug-likeness (QED) is 0.886. The Bertz CT molecular complexity index is 719. The molecule has 1 N–H and O–H groups in total. The Balaban J connectivity index is 1.48. The third-order valence-electron chi connectivity index (χ3n) is 4.73. The predicted octanol–water partition coefficient (Wildman–Crippen LogP) is 3.24. The number of nitrogens with zero attached hydrogens (tertiary/aromatic N) is 2. The van der Waals surface area contributed by atoms with E-state index in [4.69, 9.17) is 4.74 Å². The minimum Gasteiger partial charge on any atom is -0.497 e. The molecule has 1 amide bonds. The molecule has 0 bridgehead atoms. The fourth-order valence-corrected chi connectivity index (χ4v) is 2.95. The lowest BCUT2D eigenvalue weighted by atomic mass is 10.0. The Hall–Kier alpha value is -2.43. The molecule has 2 aromatic rings. The molecule has 1 heterocycles. The van der Waals surface area contributed by atoms with E-state index in [0.717, 1.165) is 42.8 Å². The zero-order chi connectivity index (χ0) is 16.5. The first kappa shape index (κ1) is 15.1. The predicted molar refractivity (Wildman–Crippen MR) is 89.9 cm³/mol. The van der Waals surface area contributed by atoms with E-state index in [2.05, 4.69) is 15.3 Å². The summed E-state index contributed by atoms with van der Waals surface area (Å²) < 4.78 is 5.21. The number of carbonyl (C=O) groups is 1. The van der Waals surface area contributed by atoms with Crippen molar-refractivity contribution in [3.63, 3.8) is 0 Å². The molecule has 4 rings (SSSR count). The molecule has 24 heavy (non-hydrogen) atoms. The third-order valence-corrected chi connectivity index (χ3v) is 4.73. The van der Waals surface area contributed by atoms with Crippen molar-refractivity contribution >= 4 is 5.91 Å². The average molecular weight is 323 g/mol. The lowest BCUT2D eigenvalue weighted by Gasteiger charge is -2.19. The van der Waals surface area contributed by atoms with Crippen LogP contribution in [0.4, 0.5) is 0 Å². The summed E-state index contributed by atoms with van der Waals surface area (Å²) in [6, 6.07) is 7.95. The van der Waals surface area contributed by atoms with Gasteiger partial charge in [-0.2, -0.15) is 0 Å². The molecule has 5 nitrogen and oxygen atoms in total. The van der Waals surface area contributed by atoms with Crippen LogP contribution in [0.15, 0.2) is 36.7 Å². The van der Waals surface area contributed by atoms with Crippen molar-refractivity contribution in [2.45, 2.75) is 37.6 Å². The first-order chi connectivity index (χ1) is 11.7. The summed E-state index contributed by atoms with van der Waals surface area (Å²) >= 11 is 0. The Morgan fingerprint density at radius 2 is 1.79 bits per heavy atom. The summed E-state index contributed by atoms with van der Waals surface area (Å²) in [6.45, 7) is 0. The fourth-order valence-electron chi connectivity index (χ4n) is 2.95. The molecule has 2 saturated carbocycles. The summed E-state index contributed by atoms with van der Waals surface area (Å²) in [5, 5.41) is 3.15. The Kier molecular flexibility index (Phi) is 3.92. The summed E-state index contributed by atoms with van der Waals surface area (Å²) in [6.07, 6.45) is 7.91. The van der Waals surface area contributed by atoms with Crippen molar-refractivity contribution in [3.05, 3.63) is 53.6 Å². The normalized spacial score (nSPS) is 18.0. The van der Waals surface area contributed by atoms with Crippen LogP contribution >= 0.6 is 0 Å². The highest BCUT2D eigenvalue weighted by molar-refractivity contribution is 5.93. The third kappa shape index (κ3) is 3.25. The molecule has 124 valence electrons. The molecule has 1 aromatic carbocycles. The molecule has 1 atom stereocenters. The van der Waals surface area contributed by atoms with Gasteiger partial charge in [0.2, 0.25) is 0 Å². The van der Waals surface area contributed by atoms with Gasteiger partial charge in [0.15, 0.2) is 0 Å². The second-order valence-corrected chi connectivity index (χ2v) is 6.67. The van der Waals surface area contributed by atoms with Gasteiger partial charge >= 0.3 is 0 Å². The number of hydrogen-bond donors (Lipinski definition) is 1. The molecule has 2 fully saturated rings. The van der Waals surface area contributed by atoms with Crippen LogP contribution in [0.3, 0.4) is 0 Å². The highest BCUT2D eigenvalue weighted by Crippen LogP contribution is 2.41. The van der Waals surface area contributed by atoms with E-state index in [1.807, 2.05) is 24.3 Å². The van der Waals surface area contributed by atoms with Crippen LogP contribution in [0.2, 0.25) is 0 Å². The van der Waals surface area contributed by atoms with Crippen molar-refractivity contribution in [2.75, 3.05) is 7.11 Å². The van der Waals surface area contributed by atoms with Crippen LogP contribution in [0, 0.1) is 5.92 Å². The zero-order valence-electron chi connectivity index (χ0n) is 13.7. The van der Waals surface area contributed by atoms with Crippen LogP contribution in [0.1, 0.15) is 59.4 Å². The van der Waals surface area contributed by atoms with E-state index in [1.165, 1.54) is 0 Å². The Morgan fingerprint density at radius 3 is 2.33 bits per heavy atom. The molecule has 5 heteroatoms. The van der Waals surface area contributed by atoms with Crippen LogP contribution in [-0.4, -0.2) is 23.0 Å². The molecular formula is C19H21N3O2. The number of aromatic nitrogens is 2. The monoisotopic (exact) mass is 323 g/mol. The number of amides is 1. The number of rotatable bonds is 6. The van der Waals surface area contributed by atoms with Crippen LogP contribution in [0.5, 0.6) is 5.75 Å². The Labute approximate surface area is 141 Å². The van der Waals surface area contributed by atoms with Crippen molar-refractivity contribution in [1.82, 2.24) is 15.3 Å². The number of carbonyl (C=O) groups excluding carboxylic acids is 1. The van der Waals surface area contributed by atoms with E-state index in [1.54, 1.807) is 19.5 Å². The molecule has 0 aliphatic heterocycles. The molecule has 0 spiro atoms. The molecule has 2 aliphatic rings. The van der Waals surface area contributed by atoms with Crippen molar-refractivity contribution in [1.29, 1.82) is 0 Å². The topological polar surface area (TPSA) is 64.1 Å². The second-order valence-electron chi connectivity index (χ2n) is 6.67. The number of benzene rings is 1. The van der Waals surface area contributed by atoms with Gasteiger partial charge in [-0.05, 0) is 49.3 Å². The molecule has 0 saturated heterocycles. The van der Waals surface area contributed by atoms with Gasteiger partial charge in [0.05, 0.1) is 18.7 Å². The fraction of sp³-hybridized carbons (Fsp3) is 0.421. The van der Waals surface area contributed by atoms with Gasteiger partial charge in [-0.15, -0.1) is 0 Å². The average Bonchev–Trinajstić information content (AvgIpc) is 3.51. The second kappa shape index (κ2) is 6.23.